The smallest absolute Gasteiger partial charge is 0.341 e. The monoisotopic (exact) mass is 244 g/mol. The maximum atomic E-state index is 11.8. The molecule has 0 saturated carbocycles. The zero-order valence-electron chi connectivity index (χ0n) is 9.61. The van der Waals surface area contributed by atoms with Crippen molar-refractivity contribution in [2.24, 2.45) is 0 Å². The van der Waals surface area contributed by atoms with Crippen LogP contribution in [0.25, 0.3) is 0 Å². The van der Waals surface area contributed by atoms with Crippen LogP contribution in [-0.2, 0) is 13.0 Å². The summed E-state index contributed by atoms with van der Waals surface area (Å²) in [6.45, 7) is 0.414. The van der Waals surface area contributed by atoms with Crippen LogP contribution in [0.3, 0.4) is 0 Å². The Kier molecular flexibility index (Phi) is 3.52. The predicted octanol–water partition coefficient (Wildman–Crippen LogP) is 1.18. The van der Waals surface area contributed by atoms with Crippen molar-refractivity contribution in [3.05, 3.63) is 64.3 Å². The number of carboxylic acids is 1. The second-order valence-corrected chi connectivity index (χ2v) is 3.80. The van der Waals surface area contributed by atoms with Gasteiger partial charge in [-0.25, -0.2) is 4.79 Å². The van der Waals surface area contributed by atoms with Gasteiger partial charge in [-0.15, -0.1) is 0 Å². The van der Waals surface area contributed by atoms with E-state index >= 15 is 0 Å². The minimum absolute atomic E-state index is 0.210. The minimum atomic E-state index is -1.20. The number of rotatable bonds is 4. The molecule has 0 saturated heterocycles. The molecule has 0 radical (unpaired) electrons. The highest BCUT2D eigenvalue weighted by molar-refractivity contribution is 5.86. The van der Waals surface area contributed by atoms with Crippen LogP contribution in [0.1, 0.15) is 16.1 Å². The molecule has 18 heavy (non-hydrogen) atoms. The molecule has 0 atom stereocenters. The predicted molar refractivity (Wildman–Crippen MR) is 65.6 cm³/mol. The molecule has 5 nitrogen and oxygen atoms in total. The molecule has 0 spiro atoms. The van der Waals surface area contributed by atoms with Crippen LogP contribution in [0.2, 0.25) is 0 Å². The minimum Gasteiger partial charge on any atom is -0.477 e. The van der Waals surface area contributed by atoms with E-state index in [-0.39, 0.29) is 5.56 Å². The Hall–Kier alpha value is -2.43. The Bertz CT molecular complexity index is 605. The number of carbonyl (C=O) groups is 1. The molecular formula is C13H12N2O3. The summed E-state index contributed by atoms with van der Waals surface area (Å²) in [6, 6.07) is 8.43. The summed E-state index contributed by atoms with van der Waals surface area (Å²) in [5, 5.41) is 8.85. The first-order chi connectivity index (χ1) is 8.68. The summed E-state index contributed by atoms with van der Waals surface area (Å²) in [5.41, 5.74) is 0.171. The molecule has 2 rings (SSSR count). The van der Waals surface area contributed by atoms with Gasteiger partial charge in [0.2, 0.25) is 0 Å². The van der Waals surface area contributed by atoms with Crippen molar-refractivity contribution in [1.82, 2.24) is 9.55 Å². The summed E-state index contributed by atoms with van der Waals surface area (Å²) in [4.78, 5) is 26.8. The molecule has 0 unspecified atom stereocenters. The second kappa shape index (κ2) is 5.27. The first-order valence-electron chi connectivity index (χ1n) is 5.51. The molecule has 1 N–H and O–H groups in total. The average Bonchev–Trinajstić information content (AvgIpc) is 2.38. The molecule has 0 aliphatic rings. The van der Waals surface area contributed by atoms with E-state index in [1.54, 1.807) is 18.5 Å². The Labute approximate surface area is 103 Å². The van der Waals surface area contributed by atoms with E-state index in [9.17, 15) is 9.59 Å². The van der Waals surface area contributed by atoms with Gasteiger partial charge in [0.1, 0.15) is 5.56 Å². The number of aryl methyl sites for hydroxylation is 2. The molecule has 0 bridgehead atoms. The highest BCUT2D eigenvalue weighted by Gasteiger charge is 2.09. The quantitative estimate of drug-likeness (QED) is 0.876. The van der Waals surface area contributed by atoms with Crippen molar-refractivity contribution in [1.29, 1.82) is 0 Å². The third kappa shape index (κ3) is 2.63. The van der Waals surface area contributed by atoms with Gasteiger partial charge in [0.25, 0.3) is 5.56 Å². The van der Waals surface area contributed by atoms with Gasteiger partial charge in [-0.1, -0.05) is 6.07 Å². The maximum Gasteiger partial charge on any atom is 0.341 e. The third-order valence-corrected chi connectivity index (χ3v) is 2.59. The summed E-state index contributed by atoms with van der Waals surface area (Å²) in [5.74, 6) is -1.20. The molecule has 0 aliphatic heterocycles. The van der Waals surface area contributed by atoms with Crippen molar-refractivity contribution in [3.63, 3.8) is 0 Å². The molecule has 92 valence electrons. The van der Waals surface area contributed by atoms with Crippen molar-refractivity contribution < 1.29 is 9.90 Å². The van der Waals surface area contributed by atoms with Gasteiger partial charge < -0.3 is 9.67 Å². The highest BCUT2D eigenvalue weighted by atomic mass is 16.4. The lowest BCUT2D eigenvalue weighted by molar-refractivity contribution is 0.0694. The first kappa shape index (κ1) is 12.0. The number of pyridine rings is 2. The number of nitrogens with zero attached hydrogens (tertiary/aromatic N) is 2. The second-order valence-electron chi connectivity index (χ2n) is 3.80. The van der Waals surface area contributed by atoms with E-state index in [0.29, 0.717) is 13.0 Å². The molecular weight excluding hydrogens is 232 g/mol. The lowest BCUT2D eigenvalue weighted by atomic mass is 10.2. The van der Waals surface area contributed by atoms with Crippen LogP contribution in [0.15, 0.2) is 47.5 Å². The van der Waals surface area contributed by atoms with Gasteiger partial charge in [0.15, 0.2) is 0 Å². The van der Waals surface area contributed by atoms with Gasteiger partial charge in [-0.2, -0.15) is 0 Å². The number of aromatic nitrogens is 2. The molecule has 0 amide bonds. The van der Waals surface area contributed by atoms with Crippen LogP contribution in [0.5, 0.6) is 0 Å². The van der Waals surface area contributed by atoms with E-state index in [2.05, 4.69) is 4.98 Å². The number of carboxylic acid groups (broad SMARTS) is 1. The van der Waals surface area contributed by atoms with Crippen LogP contribution in [0, 0.1) is 0 Å². The fourth-order valence-corrected chi connectivity index (χ4v) is 1.66. The van der Waals surface area contributed by atoms with Gasteiger partial charge in [-0.05, 0) is 24.3 Å². The summed E-state index contributed by atoms with van der Waals surface area (Å²) < 4.78 is 1.39. The van der Waals surface area contributed by atoms with Gasteiger partial charge >= 0.3 is 5.97 Å². The molecule has 2 heterocycles. The van der Waals surface area contributed by atoms with E-state index in [1.807, 2.05) is 18.2 Å². The SMILES string of the molecule is O=C(O)c1cccn(CCc2ccccn2)c1=O. The first-order valence-corrected chi connectivity index (χ1v) is 5.51. The van der Waals surface area contributed by atoms with Crippen LogP contribution < -0.4 is 5.56 Å². The van der Waals surface area contributed by atoms with Crippen molar-refractivity contribution in [3.8, 4) is 0 Å². The molecule has 0 aromatic carbocycles. The zero-order valence-corrected chi connectivity index (χ0v) is 9.61. The van der Waals surface area contributed by atoms with Crippen LogP contribution >= 0.6 is 0 Å². The topological polar surface area (TPSA) is 72.2 Å². The Morgan fingerprint density at radius 2 is 2.11 bits per heavy atom. The van der Waals surface area contributed by atoms with Gasteiger partial charge in [0.05, 0.1) is 0 Å². The number of hydrogen-bond acceptors (Lipinski definition) is 3. The highest BCUT2D eigenvalue weighted by Crippen LogP contribution is 1.98. The van der Waals surface area contributed by atoms with E-state index < -0.39 is 11.5 Å². The van der Waals surface area contributed by atoms with Crippen molar-refractivity contribution in [2.45, 2.75) is 13.0 Å². The van der Waals surface area contributed by atoms with E-state index in [4.69, 9.17) is 5.11 Å². The Morgan fingerprint density at radius 3 is 2.78 bits per heavy atom. The largest absolute Gasteiger partial charge is 0.477 e. The standard InChI is InChI=1S/C13H12N2O3/c16-12-11(13(17)18)5-3-8-15(12)9-6-10-4-1-2-7-14-10/h1-5,7-8H,6,9H2,(H,17,18). The molecule has 2 aromatic rings. The van der Waals surface area contributed by atoms with Crippen molar-refractivity contribution >= 4 is 5.97 Å². The zero-order chi connectivity index (χ0) is 13.0. The molecule has 0 fully saturated rings. The molecule has 5 heteroatoms. The fraction of sp³-hybridized carbons (Fsp3) is 0.154. The Morgan fingerprint density at radius 1 is 1.28 bits per heavy atom. The number of aromatic carboxylic acids is 1. The van der Waals surface area contributed by atoms with Crippen molar-refractivity contribution in [2.75, 3.05) is 0 Å². The molecule has 0 aliphatic carbocycles. The van der Waals surface area contributed by atoms with Crippen LogP contribution in [0.4, 0.5) is 0 Å². The average molecular weight is 244 g/mol. The third-order valence-electron chi connectivity index (χ3n) is 2.59. The maximum absolute atomic E-state index is 11.8. The van der Waals surface area contributed by atoms with E-state index in [0.717, 1.165) is 5.69 Å². The lowest BCUT2D eigenvalue weighted by Crippen LogP contribution is -2.26. The van der Waals surface area contributed by atoms with Crippen LogP contribution in [-0.4, -0.2) is 20.6 Å². The molecule has 2 aromatic heterocycles. The van der Waals surface area contributed by atoms with Gasteiger partial charge in [-0.3, -0.25) is 9.78 Å². The fourth-order valence-electron chi connectivity index (χ4n) is 1.66. The summed E-state index contributed by atoms with van der Waals surface area (Å²) in [7, 11) is 0. The summed E-state index contributed by atoms with van der Waals surface area (Å²) in [6.07, 6.45) is 3.85. The van der Waals surface area contributed by atoms with E-state index in [1.165, 1.54) is 10.6 Å². The van der Waals surface area contributed by atoms with Gasteiger partial charge in [0, 0.05) is 31.1 Å². The summed E-state index contributed by atoms with van der Waals surface area (Å²) >= 11 is 0. The lowest BCUT2D eigenvalue weighted by Gasteiger charge is -2.05. The Balaban J connectivity index is 2.18. The number of hydrogen-bond donors (Lipinski definition) is 1. The normalized spacial score (nSPS) is 10.2.